The fourth-order valence-electron chi connectivity index (χ4n) is 2.97. The lowest BCUT2D eigenvalue weighted by Gasteiger charge is -2.32. The molecule has 0 spiro atoms. The van der Waals surface area contributed by atoms with Crippen molar-refractivity contribution < 1.29 is 9.72 Å². The number of nitro groups is 1. The molecule has 0 radical (unpaired) electrons. The van der Waals surface area contributed by atoms with Crippen LogP contribution >= 0.6 is 12.4 Å². The number of nitrogens with zero attached hydrogens (tertiary/aromatic N) is 4. The Morgan fingerprint density at radius 3 is 2.74 bits per heavy atom. The average Bonchev–Trinajstić information content (AvgIpc) is 2.79. The first-order valence-electron chi connectivity index (χ1n) is 7.57. The van der Waals surface area contributed by atoms with Gasteiger partial charge in [-0.05, 0) is 33.7 Å². The van der Waals surface area contributed by atoms with E-state index in [-0.39, 0.29) is 24.0 Å². The van der Waals surface area contributed by atoms with E-state index in [2.05, 4.69) is 10.4 Å². The molecule has 130 valence electrons. The summed E-state index contributed by atoms with van der Waals surface area (Å²) in [4.78, 5) is 24.7. The Balaban J connectivity index is 0.00000264. The van der Waals surface area contributed by atoms with Gasteiger partial charge in [0.15, 0.2) is 0 Å². The lowest BCUT2D eigenvalue weighted by molar-refractivity contribution is -0.386. The molecule has 1 unspecified atom stereocenters. The van der Waals surface area contributed by atoms with Crippen LogP contribution in [0.2, 0.25) is 0 Å². The second-order valence-corrected chi connectivity index (χ2v) is 5.72. The topological polar surface area (TPSA) is 93.3 Å². The number of amides is 1. The van der Waals surface area contributed by atoms with E-state index >= 15 is 0 Å². The normalized spacial score (nSPS) is 17.7. The van der Waals surface area contributed by atoms with Crippen molar-refractivity contribution in [1.82, 2.24) is 20.0 Å². The number of aromatic nitrogens is 2. The monoisotopic (exact) mass is 345 g/mol. The van der Waals surface area contributed by atoms with Crippen molar-refractivity contribution in [2.75, 3.05) is 20.1 Å². The Labute approximate surface area is 141 Å². The summed E-state index contributed by atoms with van der Waals surface area (Å²) in [6.07, 6.45) is 2.40. The number of carbonyl (C=O) groups excluding carboxylic acids is 1. The molecule has 1 saturated heterocycles. The van der Waals surface area contributed by atoms with Gasteiger partial charge in [0.25, 0.3) is 0 Å². The average molecular weight is 346 g/mol. The third-order valence-electron chi connectivity index (χ3n) is 4.25. The molecule has 0 bridgehead atoms. The standard InChI is InChI=1S/C14H23N5O3.ClH/c1-10-14(19(21)22)11(2)18(16-10)8-6-13(20)17-7-4-5-12(9-17)15-3;/h12,15H,4-9H2,1-3H3;1H. The Morgan fingerprint density at radius 1 is 1.48 bits per heavy atom. The molecule has 1 aliphatic rings. The van der Waals surface area contributed by atoms with Crippen molar-refractivity contribution >= 4 is 24.0 Å². The number of halogens is 1. The van der Waals surface area contributed by atoms with E-state index in [0.717, 1.165) is 25.9 Å². The Morgan fingerprint density at radius 2 is 2.17 bits per heavy atom. The van der Waals surface area contributed by atoms with Gasteiger partial charge >= 0.3 is 5.69 Å². The van der Waals surface area contributed by atoms with Gasteiger partial charge in [0, 0.05) is 25.6 Å². The quantitative estimate of drug-likeness (QED) is 0.643. The van der Waals surface area contributed by atoms with Crippen LogP contribution in [-0.2, 0) is 11.3 Å². The summed E-state index contributed by atoms with van der Waals surface area (Å²) in [5.74, 6) is 0.0788. The van der Waals surface area contributed by atoms with Crippen molar-refractivity contribution in [2.45, 2.75) is 45.7 Å². The zero-order valence-electron chi connectivity index (χ0n) is 13.7. The lowest BCUT2D eigenvalue weighted by atomic mass is 10.1. The van der Waals surface area contributed by atoms with Crippen LogP contribution in [-0.4, -0.2) is 51.7 Å². The van der Waals surface area contributed by atoms with Gasteiger partial charge in [-0.1, -0.05) is 0 Å². The molecular formula is C14H24ClN5O3. The maximum absolute atomic E-state index is 12.3. The Bertz CT molecular complexity index is 575. The highest BCUT2D eigenvalue weighted by molar-refractivity contribution is 5.85. The molecule has 1 amide bonds. The number of carbonyl (C=O) groups is 1. The largest absolute Gasteiger partial charge is 0.341 e. The van der Waals surface area contributed by atoms with Crippen LogP contribution in [0.4, 0.5) is 5.69 Å². The predicted molar refractivity (Wildman–Crippen MR) is 88.9 cm³/mol. The molecule has 1 aromatic rings. The zero-order chi connectivity index (χ0) is 16.3. The van der Waals surface area contributed by atoms with Crippen molar-refractivity contribution in [2.24, 2.45) is 0 Å². The first-order chi connectivity index (χ1) is 10.4. The fourth-order valence-corrected chi connectivity index (χ4v) is 2.97. The van der Waals surface area contributed by atoms with Crippen molar-refractivity contribution in [3.8, 4) is 0 Å². The lowest BCUT2D eigenvalue weighted by Crippen LogP contribution is -2.47. The summed E-state index contributed by atoms with van der Waals surface area (Å²) < 4.78 is 1.56. The van der Waals surface area contributed by atoms with Crippen LogP contribution in [0.15, 0.2) is 0 Å². The first kappa shape index (κ1) is 19.4. The molecule has 23 heavy (non-hydrogen) atoms. The molecular weight excluding hydrogens is 322 g/mol. The van der Waals surface area contributed by atoms with Gasteiger partial charge < -0.3 is 10.2 Å². The number of piperidine rings is 1. The van der Waals surface area contributed by atoms with Gasteiger partial charge in [0.1, 0.15) is 11.4 Å². The fraction of sp³-hybridized carbons (Fsp3) is 0.714. The molecule has 2 heterocycles. The summed E-state index contributed by atoms with van der Waals surface area (Å²) in [5.41, 5.74) is 0.936. The number of likely N-dealkylation sites (N-methyl/N-ethyl adjacent to an activating group) is 1. The number of hydrogen-bond donors (Lipinski definition) is 1. The summed E-state index contributed by atoms with van der Waals surface area (Å²) >= 11 is 0. The summed E-state index contributed by atoms with van der Waals surface area (Å²) in [5, 5.41) is 18.4. The second-order valence-electron chi connectivity index (χ2n) is 5.72. The highest BCUT2D eigenvalue weighted by Crippen LogP contribution is 2.22. The maximum Gasteiger partial charge on any atom is 0.312 e. The van der Waals surface area contributed by atoms with E-state index in [1.54, 1.807) is 18.5 Å². The van der Waals surface area contributed by atoms with Crippen LogP contribution in [0.3, 0.4) is 0 Å². The van der Waals surface area contributed by atoms with E-state index in [0.29, 0.717) is 30.4 Å². The summed E-state index contributed by atoms with van der Waals surface area (Å²) in [7, 11) is 1.91. The third kappa shape index (κ3) is 4.42. The van der Waals surface area contributed by atoms with E-state index in [4.69, 9.17) is 0 Å². The minimum absolute atomic E-state index is 0. The van der Waals surface area contributed by atoms with E-state index < -0.39 is 4.92 Å². The molecule has 8 nitrogen and oxygen atoms in total. The highest BCUT2D eigenvalue weighted by Gasteiger charge is 2.24. The molecule has 2 rings (SSSR count). The second kappa shape index (κ2) is 8.26. The van der Waals surface area contributed by atoms with Gasteiger partial charge in [0.05, 0.1) is 11.5 Å². The van der Waals surface area contributed by atoms with E-state index in [1.807, 2.05) is 11.9 Å². The van der Waals surface area contributed by atoms with Gasteiger partial charge in [-0.2, -0.15) is 5.10 Å². The number of aryl methyl sites for hydroxylation is 2. The Hall–Kier alpha value is -1.67. The molecule has 9 heteroatoms. The molecule has 0 aromatic carbocycles. The number of likely N-dealkylation sites (tertiary alicyclic amines) is 1. The molecule has 1 fully saturated rings. The molecule has 1 N–H and O–H groups in total. The molecule has 1 atom stereocenters. The van der Waals surface area contributed by atoms with Crippen LogP contribution in [0, 0.1) is 24.0 Å². The van der Waals surface area contributed by atoms with Crippen LogP contribution in [0.25, 0.3) is 0 Å². The minimum atomic E-state index is -0.419. The van der Waals surface area contributed by atoms with Crippen molar-refractivity contribution in [1.29, 1.82) is 0 Å². The molecule has 1 aromatic heterocycles. The van der Waals surface area contributed by atoms with Crippen LogP contribution in [0.1, 0.15) is 30.7 Å². The number of rotatable bonds is 5. The van der Waals surface area contributed by atoms with Gasteiger partial charge in [-0.15, -0.1) is 12.4 Å². The SMILES string of the molecule is CNC1CCCN(C(=O)CCn2nc(C)c([N+](=O)[O-])c2C)C1.Cl. The molecule has 0 saturated carbocycles. The predicted octanol–water partition coefficient (Wildman–Crippen LogP) is 1.43. The Kier molecular flexibility index (Phi) is 6.96. The van der Waals surface area contributed by atoms with Crippen molar-refractivity contribution in [3.63, 3.8) is 0 Å². The van der Waals surface area contributed by atoms with E-state index in [1.165, 1.54) is 0 Å². The zero-order valence-corrected chi connectivity index (χ0v) is 14.6. The molecule has 0 aliphatic carbocycles. The van der Waals surface area contributed by atoms with Gasteiger partial charge in [-0.3, -0.25) is 19.6 Å². The first-order valence-corrected chi connectivity index (χ1v) is 7.57. The van der Waals surface area contributed by atoms with Gasteiger partial charge in [-0.25, -0.2) is 0 Å². The van der Waals surface area contributed by atoms with Crippen LogP contribution < -0.4 is 5.32 Å². The number of hydrogen-bond acceptors (Lipinski definition) is 5. The summed E-state index contributed by atoms with van der Waals surface area (Å²) in [6, 6.07) is 0.354. The van der Waals surface area contributed by atoms with Gasteiger partial charge in [0.2, 0.25) is 5.91 Å². The maximum atomic E-state index is 12.3. The smallest absolute Gasteiger partial charge is 0.312 e. The van der Waals surface area contributed by atoms with Crippen LogP contribution in [0.5, 0.6) is 0 Å². The third-order valence-corrected chi connectivity index (χ3v) is 4.25. The van der Waals surface area contributed by atoms with E-state index in [9.17, 15) is 14.9 Å². The summed E-state index contributed by atoms with van der Waals surface area (Å²) in [6.45, 7) is 5.17. The highest BCUT2D eigenvalue weighted by atomic mass is 35.5. The minimum Gasteiger partial charge on any atom is -0.341 e. The molecule has 1 aliphatic heterocycles. The van der Waals surface area contributed by atoms with Crippen molar-refractivity contribution in [3.05, 3.63) is 21.5 Å². The number of nitrogens with one attached hydrogen (secondary N) is 1.